The van der Waals surface area contributed by atoms with Crippen LogP contribution in [-0.2, 0) is 9.59 Å². The van der Waals surface area contributed by atoms with E-state index in [2.05, 4.69) is 50.2 Å². The minimum absolute atomic E-state index is 0.0140. The summed E-state index contributed by atoms with van der Waals surface area (Å²) in [4.78, 5) is 26.7. The fraction of sp³-hybridized carbons (Fsp3) is 0.882. The van der Waals surface area contributed by atoms with Gasteiger partial charge in [-0.25, -0.2) is 0 Å². The zero-order valence-electron chi connectivity index (χ0n) is 14.9. The maximum atomic E-state index is 12.4. The molecule has 2 N–H and O–H groups in total. The van der Waals surface area contributed by atoms with Crippen molar-refractivity contribution in [3.05, 3.63) is 0 Å². The fourth-order valence-corrected chi connectivity index (χ4v) is 2.67. The summed E-state index contributed by atoms with van der Waals surface area (Å²) in [6.07, 6.45) is 3.08. The van der Waals surface area contributed by atoms with E-state index in [4.69, 9.17) is 0 Å². The maximum Gasteiger partial charge on any atom is 0.237 e. The number of carbonyl (C=O) groups is 2. The Kier molecular flexibility index (Phi) is 7.33. The Bertz CT molecular complexity index is 378. The summed E-state index contributed by atoms with van der Waals surface area (Å²) >= 11 is 0. The van der Waals surface area contributed by atoms with Gasteiger partial charge in [0.05, 0.1) is 12.5 Å². The second-order valence-corrected chi connectivity index (χ2v) is 7.05. The van der Waals surface area contributed by atoms with Gasteiger partial charge in [0.1, 0.15) is 0 Å². The molecule has 1 rings (SSSR count). The van der Waals surface area contributed by atoms with Gasteiger partial charge in [-0.05, 0) is 38.6 Å². The van der Waals surface area contributed by atoms with Gasteiger partial charge in [-0.2, -0.15) is 0 Å². The van der Waals surface area contributed by atoms with E-state index in [1.807, 2.05) is 0 Å². The Morgan fingerprint density at radius 2 is 2.05 bits per heavy atom. The third-order valence-corrected chi connectivity index (χ3v) is 4.82. The third kappa shape index (κ3) is 5.59. The summed E-state index contributed by atoms with van der Waals surface area (Å²) in [5.41, 5.74) is -0.176. The number of hydrogen-bond acceptors (Lipinski definition) is 3. The largest absolute Gasteiger partial charge is 0.353 e. The first-order chi connectivity index (χ1) is 10.3. The molecule has 0 radical (unpaired) electrons. The fourth-order valence-electron chi connectivity index (χ4n) is 2.67. The highest BCUT2D eigenvalue weighted by Crippen LogP contribution is 2.16. The number of nitrogens with zero attached hydrogens (tertiary/aromatic N) is 1. The van der Waals surface area contributed by atoms with Gasteiger partial charge in [0.15, 0.2) is 0 Å². The van der Waals surface area contributed by atoms with Crippen LogP contribution in [-0.4, -0.2) is 47.9 Å². The van der Waals surface area contributed by atoms with Crippen molar-refractivity contribution in [1.29, 1.82) is 0 Å². The van der Waals surface area contributed by atoms with Crippen molar-refractivity contribution >= 4 is 11.8 Å². The van der Waals surface area contributed by atoms with Crippen molar-refractivity contribution in [1.82, 2.24) is 15.5 Å². The van der Waals surface area contributed by atoms with Crippen LogP contribution in [0.1, 0.15) is 60.3 Å². The number of nitrogens with one attached hydrogen (secondary N) is 2. The van der Waals surface area contributed by atoms with E-state index >= 15 is 0 Å². The van der Waals surface area contributed by atoms with Crippen molar-refractivity contribution in [3.8, 4) is 0 Å². The molecule has 1 saturated heterocycles. The molecule has 1 fully saturated rings. The molecule has 128 valence electrons. The van der Waals surface area contributed by atoms with Crippen LogP contribution in [0.3, 0.4) is 0 Å². The predicted molar refractivity (Wildman–Crippen MR) is 89.6 cm³/mol. The van der Waals surface area contributed by atoms with Crippen molar-refractivity contribution in [3.63, 3.8) is 0 Å². The van der Waals surface area contributed by atoms with Crippen LogP contribution in [0.5, 0.6) is 0 Å². The first-order valence-corrected chi connectivity index (χ1v) is 8.64. The van der Waals surface area contributed by atoms with Crippen LogP contribution in [0, 0.1) is 5.92 Å². The number of piperazine rings is 1. The maximum absolute atomic E-state index is 12.4. The van der Waals surface area contributed by atoms with E-state index in [1.54, 1.807) is 0 Å². The lowest BCUT2D eigenvalue weighted by molar-refractivity contribution is -0.134. The van der Waals surface area contributed by atoms with Crippen LogP contribution in [0.4, 0.5) is 0 Å². The highest BCUT2D eigenvalue weighted by atomic mass is 16.2. The molecule has 2 amide bonds. The van der Waals surface area contributed by atoms with E-state index in [-0.39, 0.29) is 29.8 Å². The molecule has 5 heteroatoms. The molecule has 1 atom stereocenters. The molecular formula is C17H33N3O2. The highest BCUT2D eigenvalue weighted by molar-refractivity contribution is 5.89. The van der Waals surface area contributed by atoms with Gasteiger partial charge in [0, 0.05) is 18.6 Å². The lowest BCUT2D eigenvalue weighted by Crippen LogP contribution is -2.57. The van der Waals surface area contributed by atoms with Crippen LogP contribution in [0.15, 0.2) is 0 Å². The molecule has 0 aliphatic carbocycles. The lowest BCUT2D eigenvalue weighted by Gasteiger charge is -2.36. The minimum atomic E-state index is -0.328. The van der Waals surface area contributed by atoms with E-state index < -0.39 is 0 Å². The Labute approximate surface area is 135 Å². The second kappa shape index (κ2) is 8.51. The molecule has 22 heavy (non-hydrogen) atoms. The normalized spacial score (nSPS) is 20.1. The van der Waals surface area contributed by atoms with E-state index in [0.717, 1.165) is 32.4 Å². The van der Waals surface area contributed by atoms with Crippen molar-refractivity contribution in [2.45, 2.75) is 71.9 Å². The van der Waals surface area contributed by atoms with Gasteiger partial charge in [-0.1, -0.05) is 27.7 Å². The average molecular weight is 311 g/mol. The first kappa shape index (κ1) is 18.9. The molecule has 0 bridgehead atoms. The van der Waals surface area contributed by atoms with Gasteiger partial charge in [0.25, 0.3) is 0 Å². The van der Waals surface area contributed by atoms with Crippen LogP contribution in [0.25, 0.3) is 0 Å². The average Bonchev–Trinajstić information content (AvgIpc) is 2.47. The summed E-state index contributed by atoms with van der Waals surface area (Å²) < 4.78 is 0. The molecule has 1 unspecified atom stereocenters. The molecule has 0 aromatic rings. The Balaban J connectivity index is 2.64. The van der Waals surface area contributed by atoms with Crippen molar-refractivity contribution in [2.75, 3.05) is 19.6 Å². The second-order valence-electron chi connectivity index (χ2n) is 7.05. The summed E-state index contributed by atoms with van der Waals surface area (Å²) in [5, 5.41) is 5.99. The molecule has 0 spiro atoms. The van der Waals surface area contributed by atoms with Crippen molar-refractivity contribution < 1.29 is 9.59 Å². The summed E-state index contributed by atoms with van der Waals surface area (Å²) in [6, 6.07) is -0.328. The third-order valence-electron chi connectivity index (χ3n) is 4.82. The molecule has 1 heterocycles. The molecule has 0 saturated carbocycles. The van der Waals surface area contributed by atoms with Gasteiger partial charge >= 0.3 is 0 Å². The number of rotatable bonds is 8. The summed E-state index contributed by atoms with van der Waals surface area (Å²) in [5.74, 6) is 0.561. The molecule has 0 aromatic carbocycles. The Morgan fingerprint density at radius 1 is 1.41 bits per heavy atom. The molecule has 1 aliphatic rings. The van der Waals surface area contributed by atoms with E-state index in [9.17, 15) is 9.59 Å². The Morgan fingerprint density at radius 3 is 2.59 bits per heavy atom. The highest BCUT2D eigenvalue weighted by Gasteiger charge is 2.32. The lowest BCUT2D eigenvalue weighted by atomic mass is 9.95. The topological polar surface area (TPSA) is 61.4 Å². The number of amides is 2. The van der Waals surface area contributed by atoms with Crippen LogP contribution in [0.2, 0.25) is 0 Å². The quantitative estimate of drug-likeness (QED) is 0.720. The van der Waals surface area contributed by atoms with Crippen molar-refractivity contribution in [2.24, 2.45) is 5.92 Å². The monoisotopic (exact) mass is 311 g/mol. The zero-order valence-corrected chi connectivity index (χ0v) is 14.9. The van der Waals surface area contributed by atoms with Gasteiger partial charge in [0.2, 0.25) is 11.8 Å². The van der Waals surface area contributed by atoms with E-state index in [1.165, 1.54) is 0 Å². The molecular weight excluding hydrogens is 278 g/mol. The summed E-state index contributed by atoms with van der Waals surface area (Å²) in [7, 11) is 0. The smallest absolute Gasteiger partial charge is 0.237 e. The van der Waals surface area contributed by atoms with Gasteiger partial charge in [-0.15, -0.1) is 0 Å². The Hall–Kier alpha value is -1.10. The number of hydrogen-bond donors (Lipinski definition) is 2. The molecule has 0 aromatic heterocycles. The SMILES string of the molecule is CCC(C)(CC)NC(=O)CC1C(=O)NCCN1CCC(C)C. The zero-order chi connectivity index (χ0) is 16.8. The molecule has 5 nitrogen and oxygen atoms in total. The van der Waals surface area contributed by atoms with Crippen LogP contribution < -0.4 is 10.6 Å². The minimum Gasteiger partial charge on any atom is -0.353 e. The van der Waals surface area contributed by atoms with Gasteiger partial charge in [-0.3, -0.25) is 14.5 Å². The standard InChI is InChI=1S/C17H33N3O2/c1-6-17(5,7-2)19-15(21)12-14-16(22)18-9-11-20(14)10-8-13(3)4/h13-14H,6-12H2,1-5H3,(H,18,22)(H,19,21). The number of carbonyl (C=O) groups excluding carboxylic acids is 2. The van der Waals surface area contributed by atoms with Crippen LogP contribution >= 0.6 is 0 Å². The predicted octanol–water partition coefficient (Wildman–Crippen LogP) is 1.92. The first-order valence-electron chi connectivity index (χ1n) is 8.64. The van der Waals surface area contributed by atoms with E-state index in [0.29, 0.717) is 12.5 Å². The van der Waals surface area contributed by atoms with Gasteiger partial charge < -0.3 is 10.6 Å². The summed E-state index contributed by atoms with van der Waals surface area (Å²) in [6.45, 7) is 13.0. The molecule has 1 aliphatic heterocycles.